The Morgan fingerprint density at radius 2 is 0.939 bits per heavy atom. The second-order valence-corrected chi connectivity index (χ2v) is 17.4. The summed E-state index contributed by atoms with van der Waals surface area (Å²) in [6.45, 7) is 0. The zero-order valence-electron chi connectivity index (χ0n) is 35.8. The number of hydrogen-bond acceptors (Lipinski definition) is 4. The van der Waals surface area contributed by atoms with Gasteiger partial charge in [-0.1, -0.05) is 164 Å². The monoisotopic (exact) mass is 841 g/mol. The molecular weight excluding hydrogens is 803 g/mol. The maximum absolute atomic E-state index is 7.18. The van der Waals surface area contributed by atoms with Crippen molar-refractivity contribution in [1.82, 2.24) is 4.98 Å². The van der Waals surface area contributed by atoms with Gasteiger partial charge in [-0.15, -0.1) is 0 Å². The lowest BCUT2D eigenvalue weighted by molar-refractivity contribution is 0.668. The van der Waals surface area contributed by atoms with Gasteiger partial charge in [-0.2, -0.15) is 0 Å². The Balaban J connectivity index is 1.17. The maximum atomic E-state index is 7.18. The first kappa shape index (κ1) is 36.7. The molecule has 14 rings (SSSR count). The molecule has 10 aromatic carbocycles. The number of anilines is 6. The van der Waals surface area contributed by atoms with Crippen LogP contribution in [0, 0.1) is 0 Å². The van der Waals surface area contributed by atoms with E-state index in [1.807, 2.05) is 18.5 Å². The van der Waals surface area contributed by atoms with E-state index in [0.717, 1.165) is 67.0 Å². The number of aromatic nitrogens is 1. The second-order valence-electron chi connectivity index (χ2n) is 17.4. The van der Waals surface area contributed by atoms with E-state index in [0.29, 0.717) is 0 Å². The van der Waals surface area contributed by atoms with Crippen molar-refractivity contribution in [3.8, 4) is 22.3 Å². The summed E-state index contributed by atoms with van der Waals surface area (Å²) in [5, 5.41) is 6.73. The van der Waals surface area contributed by atoms with Crippen molar-refractivity contribution in [1.29, 1.82) is 0 Å². The highest BCUT2D eigenvalue weighted by Crippen LogP contribution is 2.67. The number of pyridine rings is 1. The Labute approximate surface area is 381 Å². The van der Waals surface area contributed by atoms with E-state index in [9.17, 15) is 0 Å². The summed E-state index contributed by atoms with van der Waals surface area (Å²) in [7, 11) is 0. The van der Waals surface area contributed by atoms with Crippen molar-refractivity contribution in [3.05, 3.63) is 259 Å². The van der Waals surface area contributed by atoms with Gasteiger partial charge in [0.1, 0.15) is 5.58 Å². The molecule has 2 heterocycles. The summed E-state index contributed by atoms with van der Waals surface area (Å²) in [6, 6.07) is 82.0. The molecule has 4 nitrogen and oxygen atoms in total. The number of nitrogens with zero attached hydrogens (tertiary/aromatic N) is 3. The van der Waals surface area contributed by atoms with E-state index in [2.05, 4.69) is 228 Å². The molecule has 0 saturated carbocycles. The minimum absolute atomic E-state index is 0.690. The van der Waals surface area contributed by atoms with Crippen LogP contribution in [0.3, 0.4) is 0 Å². The Bertz CT molecular complexity index is 3850. The predicted molar refractivity (Wildman–Crippen MR) is 272 cm³/mol. The Morgan fingerprint density at radius 3 is 1.61 bits per heavy atom. The molecular formula is C62H39N3O. The lowest BCUT2D eigenvalue weighted by Gasteiger charge is -2.33. The minimum Gasteiger partial charge on any atom is -0.454 e. The Kier molecular flexibility index (Phi) is 7.87. The third-order valence-corrected chi connectivity index (χ3v) is 14.1. The number of hydrogen-bond donors (Lipinski definition) is 0. The first-order chi connectivity index (χ1) is 32.8. The maximum Gasteiger partial charge on any atom is 0.160 e. The molecule has 0 radical (unpaired) electrons. The predicted octanol–water partition coefficient (Wildman–Crippen LogP) is 16.6. The van der Waals surface area contributed by atoms with Crippen LogP contribution >= 0.6 is 0 Å². The van der Waals surface area contributed by atoms with Crippen LogP contribution in [0.1, 0.15) is 22.3 Å². The summed E-state index contributed by atoms with van der Waals surface area (Å²) in [4.78, 5) is 9.58. The molecule has 0 N–H and O–H groups in total. The van der Waals surface area contributed by atoms with Gasteiger partial charge < -0.3 is 14.2 Å². The van der Waals surface area contributed by atoms with Gasteiger partial charge in [-0.25, -0.2) is 0 Å². The van der Waals surface area contributed by atoms with Crippen molar-refractivity contribution in [3.63, 3.8) is 0 Å². The number of rotatable bonds is 6. The molecule has 0 atom stereocenters. The summed E-state index contributed by atoms with van der Waals surface area (Å²) < 4.78 is 7.18. The van der Waals surface area contributed by atoms with Crippen molar-refractivity contribution in [2.45, 2.75) is 5.41 Å². The van der Waals surface area contributed by atoms with E-state index in [4.69, 9.17) is 9.40 Å². The average molecular weight is 842 g/mol. The van der Waals surface area contributed by atoms with Crippen molar-refractivity contribution < 1.29 is 4.42 Å². The zero-order chi connectivity index (χ0) is 43.3. The van der Waals surface area contributed by atoms with Crippen LogP contribution < -0.4 is 9.80 Å². The molecule has 0 amide bonds. The number of furan rings is 1. The van der Waals surface area contributed by atoms with Crippen molar-refractivity contribution in [2.75, 3.05) is 9.80 Å². The third-order valence-electron chi connectivity index (χ3n) is 14.1. The van der Waals surface area contributed by atoms with Crippen molar-refractivity contribution >= 4 is 77.6 Å². The molecule has 2 aromatic heterocycles. The largest absolute Gasteiger partial charge is 0.454 e. The highest BCUT2D eigenvalue weighted by molar-refractivity contribution is 6.18. The molecule has 0 aliphatic heterocycles. The highest BCUT2D eigenvalue weighted by atomic mass is 16.3. The fourth-order valence-electron chi connectivity index (χ4n) is 11.5. The number of para-hydroxylation sites is 2. The SMILES string of the molecule is c1ccc(N(c2ccc3c(c2)C2(c4ccccc4-c4ccccc42)c2cc4c(oc5ccncc54)c(N(c4ccccc4)c4cccc5ccccc45)c2-3)c2cccc3ccccc23)cc1. The van der Waals surface area contributed by atoms with Gasteiger partial charge in [0, 0.05) is 56.6 Å². The highest BCUT2D eigenvalue weighted by Gasteiger charge is 2.53. The van der Waals surface area contributed by atoms with E-state index in [-0.39, 0.29) is 0 Å². The lowest BCUT2D eigenvalue weighted by atomic mass is 9.70. The topological polar surface area (TPSA) is 32.5 Å². The van der Waals surface area contributed by atoms with Crippen LogP contribution in [0.2, 0.25) is 0 Å². The summed E-state index contributed by atoms with van der Waals surface area (Å²) in [5.74, 6) is 0. The van der Waals surface area contributed by atoms with Gasteiger partial charge in [-0.3, -0.25) is 4.98 Å². The van der Waals surface area contributed by atoms with E-state index < -0.39 is 5.41 Å². The lowest BCUT2D eigenvalue weighted by Crippen LogP contribution is -2.26. The average Bonchev–Trinajstić information content (AvgIpc) is 4.01. The molecule has 0 saturated heterocycles. The second kappa shape index (κ2) is 14.1. The fraction of sp³-hybridized carbons (Fsp3) is 0.0161. The smallest absolute Gasteiger partial charge is 0.160 e. The summed E-state index contributed by atoms with van der Waals surface area (Å²) in [6.07, 6.45) is 3.79. The molecule has 12 aromatic rings. The molecule has 308 valence electrons. The van der Waals surface area contributed by atoms with Crippen LogP contribution in [-0.4, -0.2) is 4.98 Å². The molecule has 0 unspecified atom stereocenters. The zero-order valence-corrected chi connectivity index (χ0v) is 35.8. The molecule has 4 heteroatoms. The van der Waals surface area contributed by atoms with Gasteiger partial charge >= 0.3 is 0 Å². The molecule has 2 aliphatic carbocycles. The fourth-order valence-corrected chi connectivity index (χ4v) is 11.5. The molecule has 0 fully saturated rings. The van der Waals surface area contributed by atoms with Gasteiger partial charge in [0.2, 0.25) is 0 Å². The van der Waals surface area contributed by atoms with Crippen LogP contribution in [-0.2, 0) is 5.41 Å². The molecule has 2 aliphatic rings. The van der Waals surface area contributed by atoms with Crippen LogP contribution in [0.4, 0.5) is 34.1 Å². The van der Waals surface area contributed by atoms with Gasteiger partial charge in [0.05, 0.1) is 22.5 Å². The van der Waals surface area contributed by atoms with Crippen LogP contribution in [0.25, 0.3) is 65.7 Å². The quantitative estimate of drug-likeness (QED) is 0.167. The van der Waals surface area contributed by atoms with Crippen LogP contribution in [0.5, 0.6) is 0 Å². The summed E-state index contributed by atoms with van der Waals surface area (Å²) in [5.41, 5.74) is 17.2. The Morgan fingerprint density at radius 1 is 0.379 bits per heavy atom. The molecule has 66 heavy (non-hydrogen) atoms. The van der Waals surface area contributed by atoms with Gasteiger partial charge in [0.15, 0.2) is 5.58 Å². The molecule has 0 bridgehead atoms. The Hall–Kier alpha value is -8.73. The normalized spacial score (nSPS) is 13.0. The summed E-state index contributed by atoms with van der Waals surface area (Å²) >= 11 is 0. The van der Waals surface area contributed by atoms with E-state index in [1.54, 1.807) is 0 Å². The first-order valence-corrected chi connectivity index (χ1v) is 22.6. The number of fused-ring (bicyclic) bond motifs is 15. The minimum atomic E-state index is -0.690. The standard InChI is InChI=1S/C62H39N3O/c1-3-21-42(22-4-1)64(56-31-15-19-40-17-7-9-25-45(40)56)44-33-34-49-54(37-44)62(52-29-13-11-27-47(52)48-28-12-14-30-53(48)62)55-38-50-51-39-63-36-35-58(51)66-61(50)60(59(49)55)65(43-23-5-2-6-24-43)57-32-16-20-41-18-8-10-26-46(41)57/h1-39H. The first-order valence-electron chi connectivity index (χ1n) is 22.6. The number of benzene rings is 10. The van der Waals surface area contributed by atoms with Gasteiger partial charge in [-0.05, 0) is 110 Å². The van der Waals surface area contributed by atoms with E-state index in [1.165, 1.54) is 55.1 Å². The third kappa shape index (κ3) is 5.07. The van der Waals surface area contributed by atoms with Gasteiger partial charge in [0.25, 0.3) is 0 Å². The molecule has 1 spiro atoms. The van der Waals surface area contributed by atoms with E-state index >= 15 is 0 Å². The van der Waals surface area contributed by atoms with Crippen LogP contribution in [0.15, 0.2) is 241 Å². The van der Waals surface area contributed by atoms with Crippen molar-refractivity contribution in [2.24, 2.45) is 0 Å².